The summed E-state index contributed by atoms with van der Waals surface area (Å²) in [6.45, 7) is 6.39. The number of para-hydroxylation sites is 2. The van der Waals surface area contributed by atoms with Crippen LogP contribution >= 0.6 is 0 Å². The van der Waals surface area contributed by atoms with E-state index >= 15 is 0 Å². The number of rotatable bonds is 5. The van der Waals surface area contributed by atoms with Crippen molar-refractivity contribution in [3.8, 4) is 22.5 Å². The van der Waals surface area contributed by atoms with E-state index in [4.69, 9.17) is 0 Å². The highest BCUT2D eigenvalue weighted by atomic mass is 15.0. The fourth-order valence-corrected chi connectivity index (χ4v) is 6.82. The lowest BCUT2D eigenvalue weighted by Gasteiger charge is -2.12. The van der Waals surface area contributed by atoms with Crippen molar-refractivity contribution >= 4 is 55.6 Å². The Kier molecular flexibility index (Phi) is 5.87. The van der Waals surface area contributed by atoms with E-state index in [1.54, 1.807) is 0 Å². The van der Waals surface area contributed by atoms with Gasteiger partial charge in [-0.3, -0.25) is 0 Å². The van der Waals surface area contributed by atoms with Gasteiger partial charge in [-0.05, 0) is 77.4 Å². The Labute approximate surface area is 251 Å². The molecule has 0 N–H and O–H groups in total. The number of fused-ring (bicyclic) bond motifs is 6. The molecule has 0 saturated carbocycles. The quantitative estimate of drug-likeness (QED) is 0.202. The number of nitrogens with zero attached hydrogens (tertiary/aromatic N) is 2. The van der Waals surface area contributed by atoms with Gasteiger partial charge in [-0.25, -0.2) is 0 Å². The molecule has 0 aliphatic rings. The van der Waals surface area contributed by atoms with Crippen molar-refractivity contribution < 1.29 is 0 Å². The third-order valence-corrected chi connectivity index (χ3v) is 8.61. The minimum Gasteiger partial charge on any atom is -0.309 e. The van der Waals surface area contributed by atoms with Gasteiger partial charge in [0.05, 0.1) is 22.2 Å². The van der Waals surface area contributed by atoms with E-state index in [0.717, 1.165) is 22.6 Å². The summed E-state index contributed by atoms with van der Waals surface area (Å²) < 4.78 is 4.76. The molecule has 2 heterocycles. The number of benzene rings is 6. The summed E-state index contributed by atoms with van der Waals surface area (Å²) in [4.78, 5) is 0. The highest BCUT2D eigenvalue weighted by Crippen LogP contribution is 2.42. The summed E-state index contributed by atoms with van der Waals surface area (Å²) >= 11 is 0. The van der Waals surface area contributed by atoms with Gasteiger partial charge in [-0.1, -0.05) is 110 Å². The summed E-state index contributed by atoms with van der Waals surface area (Å²) in [5, 5.41) is 6.24. The molecule has 2 heteroatoms. The van der Waals surface area contributed by atoms with Crippen LogP contribution in [0.15, 0.2) is 146 Å². The van der Waals surface area contributed by atoms with Gasteiger partial charge in [0.2, 0.25) is 0 Å². The fraction of sp³-hybridized carbons (Fsp3) is 0.0244. The van der Waals surface area contributed by atoms with E-state index in [1.165, 1.54) is 54.6 Å². The van der Waals surface area contributed by atoms with Gasteiger partial charge in [0, 0.05) is 33.1 Å². The molecule has 8 aromatic rings. The van der Waals surface area contributed by atoms with Crippen molar-refractivity contribution in [2.75, 3.05) is 0 Å². The van der Waals surface area contributed by atoms with Crippen LogP contribution in [0.25, 0.3) is 78.1 Å². The number of hydrogen-bond donors (Lipinski definition) is 0. The van der Waals surface area contributed by atoms with E-state index in [2.05, 4.69) is 168 Å². The van der Waals surface area contributed by atoms with Crippen LogP contribution in [-0.2, 0) is 0 Å². The molecule has 0 aliphatic carbocycles. The summed E-state index contributed by atoms with van der Waals surface area (Å²) in [5.74, 6) is 0. The maximum absolute atomic E-state index is 4.31. The molecule has 0 radical (unpaired) electrons. The first-order chi connectivity index (χ1) is 21.3. The normalized spacial score (nSPS) is 11.8. The molecule has 8 rings (SSSR count). The number of aromatic nitrogens is 2. The summed E-state index contributed by atoms with van der Waals surface area (Å²) in [7, 11) is 0. The Hall–Kier alpha value is -5.60. The number of hydrogen-bond acceptors (Lipinski definition) is 0. The molecule has 2 aromatic heterocycles. The van der Waals surface area contributed by atoms with Gasteiger partial charge in [0.25, 0.3) is 0 Å². The second-order valence-electron chi connectivity index (χ2n) is 11.0. The average molecular weight is 551 g/mol. The molecular weight excluding hydrogens is 520 g/mol. The average Bonchev–Trinajstić information content (AvgIpc) is 3.57. The minimum atomic E-state index is 1.13. The van der Waals surface area contributed by atoms with Crippen molar-refractivity contribution in [2.24, 2.45) is 0 Å². The Morgan fingerprint density at radius 3 is 1.95 bits per heavy atom. The van der Waals surface area contributed by atoms with Gasteiger partial charge < -0.3 is 9.13 Å². The van der Waals surface area contributed by atoms with Gasteiger partial charge in [-0.2, -0.15) is 0 Å². The lowest BCUT2D eigenvalue weighted by molar-refractivity contribution is 1.10. The van der Waals surface area contributed by atoms with Crippen LogP contribution in [0.3, 0.4) is 0 Å². The summed E-state index contributed by atoms with van der Waals surface area (Å²) in [6, 6.07) is 48.0. The molecule has 0 aliphatic heterocycles. The van der Waals surface area contributed by atoms with Gasteiger partial charge in [-0.15, -0.1) is 0 Å². The van der Waals surface area contributed by atoms with Crippen molar-refractivity contribution in [2.45, 2.75) is 6.92 Å². The van der Waals surface area contributed by atoms with Crippen LogP contribution in [0.2, 0.25) is 0 Å². The summed E-state index contributed by atoms with van der Waals surface area (Å²) in [6.07, 6.45) is 6.34. The molecule has 43 heavy (non-hydrogen) atoms. The Morgan fingerprint density at radius 2 is 1.19 bits per heavy atom. The molecule has 0 spiro atoms. The fourth-order valence-electron chi connectivity index (χ4n) is 6.82. The molecule has 0 unspecified atom stereocenters. The van der Waals surface area contributed by atoms with Crippen LogP contribution in [0, 0.1) is 0 Å². The smallest absolute Gasteiger partial charge is 0.0548 e. The summed E-state index contributed by atoms with van der Waals surface area (Å²) in [5.41, 5.74) is 10.6. The molecular formula is C41H30N2. The topological polar surface area (TPSA) is 9.86 Å². The molecule has 0 amide bonds. The maximum atomic E-state index is 4.31. The molecule has 204 valence electrons. The van der Waals surface area contributed by atoms with Crippen molar-refractivity contribution in [1.29, 1.82) is 0 Å². The predicted molar refractivity (Wildman–Crippen MR) is 185 cm³/mol. The van der Waals surface area contributed by atoms with Crippen molar-refractivity contribution in [3.05, 3.63) is 157 Å². The third-order valence-electron chi connectivity index (χ3n) is 8.61. The van der Waals surface area contributed by atoms with Crippen LogP contribution in [0.1, 0.15) is 18.2 Å². The number of allylic oxidation sites excluding steroid dienone is 1. The zero-order valence-electron chi connectivity index (χ0n) is 24.0. The highest BCUT2D eigenvalue weighted by Gasteiger charge is 2.22. The first kappa shape index (κ1) is 25.1. The molecule has 0 bridgehead atoms. The first-order valence-corrected chi connectivity index (χ1v) is 14.8. The van der Waals surface area contributed by atoms with Crippen LogP contribution in [-0.4, -0.2) is 9.13 Å². The first-order valence-electron chi connectivity index (χ1n) is 14.8. The highest BCUT2D eigenvalue weighted by molar-refractivity contribution is 6.23. The van der Waals surface area contributed by atoms with Gasteiger partial charge >= 0.3 is 0 Å². The van der Waals surface area contributed by atoms with E-state index in [-0.39, 0.29) is 0 Å². The minimum absolute atomic E-state index is 1.13. The zero-order valence-corrected chi connectivity index (χ0v) is 24.0. The monoisotopic (exact) mass is 550 g/mol. The Morgan fingerprint density at radius 1 is 0.535 bits per heavy atom. The van der Waals surface area contributed by atoms with Gasteiger partial charge in [0.15, 0.2) is 0 Å². The van der Waals surface area contributed by atoms with Gasteiger partial charge in [0.1, 0.15) is 0 Å². The van der Waals surface area contributed by atoms with Crippen LogP contribution in [0.4, 0.5) is 0 Å². The molecule has 6 aromatic carbocycles. The Balaban J connectivity index is 1.41. The van der Waals surface area contributed by atoms with Crippen molar-refractivity contribution in [1.82, 2.24) is 9.13 Å². The van der Waals surface area contributed by atoms with E-state index in [9.17, 15) is 0 Å². The SMILES string of the molecule is C=Cc1c(/C=C\C)n(-c2ccc(-c3cccc4ccccc34)cc2)c2ccc3c(c4ccccc4n3-c3ccccc3)c12. The van der Waals surface area contributed by atoms with Crippen molar-refractivity contribution in [3.63, 3.8) is 0 Å². The van der Waals surface area contributed by atoms with Crippen LogP contribution < -0.4 is 0 Å². The largest absolute Gasteiger partial charge is 0.309 e. The van der Waals surface area contributed by atoms with E-state index in [1.807, 2.05) is 6.08 Å². The lowest BCUT2D eigenvalue weighted by atomic mass is 9.98. The zero-order chi connectivity index (χ0) is 28.9. The predicted octanol–water partition coefficient (Wildman–Crippen LogP) is 11.2. The lowest BCUT2D eigenvalue weighted by Crippen LogP contribution is -1.97. The molecule has 2 nitrogen and oxygen atoms in total. The van der Waals surface area contributed by atoms with E-state index in [0.29, 0.717) is 0 Å². The van der Waals surface area contributed by atoms with Crippen LogP contribution in [0.5, 0.6) is 0 Å². The maximum Gasteiger partial charge on any atom is 0.0548 e. The molecule has 0 saturated heterocycles. The standard InChI is InChI=1S/C41H30N2/c1-3-13-36-32(4-2)40-38(26-27-39-41(40)35-19-10-11-21-37(35)42(39)30-16-6-5-7-17-30)43(36)31-24-22-29(23-25-31)34-20-12-15-28-14-8-9-18-33(28)34/h3-27H,2H2,1H3/b13-3-. The molecule has 0 fully saturated rings. The second kappa shape index (κ2) is 10.0. The Bertz CT molecular complexity index is 2340. The second-order valence-corrected chi connectivity index (χ2v) is 11.0. The van der Waals surface area contributed by atoms with E-state index < -0.39 is 0 Å². The molecule has 0 atom stereocenters. The third kappa shape index (κ3) is 3.80.